The van der Waals surface area contributed by atoms with Gasteiger partial charge in [0.1, 0.15) is 11.5 Å². The van der Waals surface area contributed by atoms with Crippen LogP contribution < -0.4 is 5.32 Å². The second kappa shape index (κ2) is 8.00. The fraction of sp³-hybridized carbons (Fsp3) is 0.778. The van der Waals surface area contributed by atoms with Gasteiger partial charge < -0.3 is 9.73 Å². The normalized spacial score (nSPS) is 20.3. The van der Waals surface area contributed by atoms with Gasteiger partial charge in [-0.15, -0.1) is 0 Å². The van der Waals surface area contributed by atoms with E-state index < -0.39 is 0 Å². The van der Waals surface area contributed by atoms with Crippen LogP contribution in [0.2, 0.25) is 0 Å². The van der Waals surface area contributed by atoms with Gasteiger partial charge in [-0.3, -0.25) is 4.90 Å². The van der Waals surface area contributed by atoms with E-state index in [0.29, 0.717) is 5.92 Å². The fourth-order valence-corrected chi connectivity index (χ4v) is 3.27. The van der Waals surface area contributed by atoms with E-state index >= 15 is 0 Å². The van der Waals surface area contributed by atoms with Crippen molar-refractivity contribution < 1.29 is 4.42 Å². The van der Waals surface area contributed by atoms with Crippen molar-refractivity contribution in [2.24, 2.45) is 5.92 Å². The van der Waals surface area contributed by atoms with Gasteiger partial charge >= 0.3 is 0 Å². The molecule has 2 rings (SSSR count). The number of aryl methyl sites for hydroxylation is 1. The molecule has 1 fully saturated rings. The van der Waals surface area contributed by atoms with Crippen LogP contribution in [0.25, 0.3) is 0 Å². The maximum Gasteiger partial charge on any atom is 0.118 e. The van der Waals surface area contributed by atoms with Crippen molar-refractivity contribution in [3.8, 4) is 0 Å². The number of hydrogen-bond donors (Lipinski definition) is 1. The smallest absolute Gasteiger partial charge is 0.118 e. The third kappa shape index (κ3) is 4.86. The Hall–Kier alpha value is -0.800. The molecule has 1 aromatic rings. The molecule has 0 aliphatic carbocycles. The molecule has 3 heteroatoms. The van der Waals surface area contributed by atoms with Gasteiger partial charge in [-0.2, -0.15) is 0 Å². The summed E-state index contributed by atoms with van der Waals surface area (Å²) in [5.74, 6) is 2.85. The molecule has 1 aromatic heterocycles. The zero-order chi connectivity index (χ0) is 15.2. The summed E-state index contributed by atoms with van der Waals surface area (Å²) in [7, 11) is 0. The minimum atomic E-state index is 0.680. The summed E-state index contributed by atoms with van der Waals surface area (Å²) < 4.78 is 5.92. The monoisotopic (exact) mass is 292 g/mol. The molecule has 1 aliphatic rings. The standard InChI is InChI=1S/C18H32N2O/c1-5-17-8-6-7-9-20(17)13-16-10-18(21-15(16)4)12-19-11-14(2)3/h10,14,17,19H,5-9,11-13H2,1-4H3. The largest absolute Gasteiger partial charge is 0.465 e. The summed E-state index contributed by atoms with van der Waals surface area (Å²) in [6.45, 7) is 13.1. The highest BCUT2D eigenvalue weighted by molar-refractivity contribution is 5.21. The highest BCUT2D eigenvalue weighted by Gasteiger charge is 2.22. The zero-order valence-electron chi connectivity index (χ0n) is 14.2. The molecule has 1 unspecified atom stereocenters. The van der Waals surface area contributed by atoms with E-state index in [-0.39, 0.29) is 0 Å². The Morgan fingerprint density at radius 1 is 1.38 bits per heavy atom. The van der Waals surface area contributed by atoms with Crippen molar-refractivity contribution in [3.63, 3.8) is 0 Å². The number of nitrogens with zero attached hydrogens (tertiary/aromatic N) is 1. The molecular formula is C18H32N2O. The minimum Gasteiger partial charge on any atom is -0.465 e. The predicted molar refractivity (Wildman–Crippen MR) is 88.3 cm³/mol. The molecule has 1 atom stereocenters. The summed E-state index contributed by atoms with van der Waals surface area (Å²) in [5.41, 5.74) is 1.37. The third-order valence-corrected chi connectivity index (χ3v) is 4.52. The van der Waals surface area contributed by atoms with Crippen LogP contribution in [0, 0.1) is 12.8 Å². The van der Waals surface area contributed by atoms with Crippen LogP contribution in [0.1, 0.15) is 63.5 Å². The van der Waals surface area contributed by atoms with E-state index in [1.807, 2.05) is 0 Å². The molecule has 1 N–H and O–H groups in total. The number of piperidine rings is 1. The molecule has 0 amide bonds. The molecule has 0 radical (unpaired) electrons. The number of hydrogen-bond acceptors (Lipinski definition) is 3. The summed E-state index contributed by atoms with van der Waals surface area (Å²) >= 11 is 0. The Labute approximate surface area is 130 Å². The van der Waals surface area contributed by atoms with Crippen molar-refractivity contribution in [1.82, 2.24) is 10.2 Å². The molecular weight excluding hydrogens is 260 g/mol. The quantitative estimate of drug-likeness (QED) is 0.820. The summed E-state index contributed by atoms with van der Waals surface area (Å²) in [4.78, 5) is 2.65. The first-order valence-electron chi connectivity index (χ1n) is 8.63. The van der Waals surface area contributed by atoms with Gasteiger partial charge in [-0.25, -0.2) is 0 Å². The molecule has 3 nitrogen and oxygen atoms in total. The Kier molecular flexibility index (Phi) is 6.31. The van der Waals surface area contributed by atoms with Crippen LogP contribution in [0.15, 0.2) is 10.5 Å². The second-order valence-electron chi connectivity index (χ2n) is 6.85. The van der Waals surface area contributed by atoms with E-state index in [9.17, 15) is 0 Å². The minimum absolute atomic E-state index is 0.680. The third-order valence-electron chi connectivity index (χ3n) is 4.52. The summed E-state index contributed by atoms with van der Waals surface area (Å²) in [6.07, 6.45) is 5.36. The average molecular weight is 292 g/mol. The van der Waals surface area contributed by atoms with Crippen LogP contribution in [0.4, 0.5) is 0 Å². The Balaban J connectivity index is 1.92. The first kappa shape index (κ1) is 16.6. The SMILES string of the molecule is CCC1CCCCN1Cc1cc(CNCC(C)C)oc1C. The lowest BCUT2D eigenvalue weighted by molar-refractivity contribution is 0.135. The van der Waals surface area contributed by atoms with E-state index in [0.717, 1.165) is 37.2 Å². The molecule has 0 aromatic carbocycles. The van der Waals surface area contributed by atoms with Crippen molar-refractivity contribution >= 4 is 0 Å². The number of nitrogens with one attached hydrogen (secondary N) is 1. The first-order chi connectivity index (χ1) is 10.1. The lowest BCUT2D eigenvalue weighted by atomic mass is 9.99. The van der Waals surface area contributed by atoms with Crippen molar-refractivity contribution in [2.45, 2.75) is 72.5 Å². The van der Waals surface area contributed by atoms with Crippen LogP contribution in [0.3, 0.4) is 0 Å². The lowest BCUT2D eigenvalue weighted by Gasteiger charge is -2.35. The highest BCUT2D eigenvalue weighted by atomic mass is 16.3. The van der Waals surface area contributed by atoms with Crippen molar-refractivity contribution in [2.75, 3.05) is 13.1 Å². The number of rotatable bonds is 7. The predicted octanol–water partition coefficient (Wildman–Crippen LogP) is 4.10. The van der Waals surface area contributed by atoms with Crippen LogP contribution >= 0.6 is 0 Å². The van der Waals surface area contributed by atoms with Gasteiger partial charge in [0, 0.05) is 18.2 Å². The second-order valence-corrected chi connectivity index (χ2v) is 6.85. The number of likely N-dealkylation sites (tertiary alicyclic amines) is 1. The molecule has 1 saturated heterocycles. The van der Waals surface area contributed by atoms with Crippen LogP contribution in [-0.4, -0.2) is 24.0 Å². The van der Waals surface area contributed by atoms with Crippen LogP contribution in [-0.2, 0) is 13.1 Å². The topological polar surface area (TPSA) is 28.4 Å². The molecule has 0 saturated carbocycles. The maximum absolute atomic E-state index is 5.92. The van der Waals surface area contributed by atoms with Gasteiger partial charge in [0.2, 0.25) is 0 Å². The molecule has 0 bridgehead atoms. The average Bonchev–Trinajstić information content (AvgIpc) is 2.79. The molecule has 2 heterocycles. The van der Waals surface area contributed by atoms with E-state index in [1.165, 1.54) is 37.8 Å². The summed E-state index contributed by atoms with van der Waals surface area (Å²) in [5, 5.41) is 3.46. The lowest BCUT2D eigenvalue weighted by Crippen LogP contribution is -2.38. The number of furan rings is 1. The van der Waals surface area contributed by atoms with Gasteiger partial charge in [0.05, 0.1) is 6.54 Å². The van der Waals surface area contributed by atoms with E-state index in [1.54, 1.807) is 0 Å². The Morgan fingerprint density at radius 2 is 2.19 bits per heavy atom. The van der Waals surface area contributed by atoms with E-state index in [2.05, 4.69) is 44.0 Å². The zero-order valence-corrected chi connectivity index (χ0v) is 14.2. The molecule has 21 heavy (non-hydrogen) atoms. The molecule has 120 valence electrons. The van der Waals surface area contributed by atoms with E-state index in [4.69, 9.17) is 4.42 Å². The van der Waals surface area contributed by atoms with Crippen LogP contribution in [0.5, 0.6) is 0 Å². The van der Waals surface area contributed by atoms with Gasteiger partial charge in [0.15, 0.2) is 0 Å². The summed E-state index contributed by atoms with van der Waals surface area (Å²) in [6, 6.07) is 3.01. The van der Waals surface area contributed by atoms with Crippen molar-refractivity contribution in [3.05, 3.63) is 23.2 Å². The molecule has 0 spiro atoms. The van der Waals surface area contributed by atoms with Crippen molar-refractivity contribution in [1.29, 1.82) is 0 Å². The Morgan fingerprint density at radius 3 is 2.90 bits per heavy atom. The fourth-order valence-electron chi connectivity index (χ4n) is 3.27. The Bertz CT molecular complexity index is 425. The van der Waals surface area contributed by atoms with Gasteiger partial charge in [-0.1, -0.05) is 27.2 Å². The van der Waals surface area contributed by atoms with Gasteiger partial charge in [-0.05, 0) is 51.3 Å². The highest BCUT2D eigenvalue weighted by Crippen LogP contribution is 2.24. The van der Waals surface area contributed by atoms with Gasteiger partial charge in [0.25, 0.3) is 0 Å². The first-order valence-corrected chi connectivity index (χ1v) is 8.63. The molecule has 1 aliphatic heterocycles. The maximum atomic E-state index is 5.92.